The van der Waals surface area contributed by atoms with Gasteiger partial charge in [-0.25, -0.2) is 0 Å². The summed E-state index contributed by atoms with van der Waals surface area (Å²) in [7, 11) is 0. The van der Waals surface area contributed by atoms with E-state index in [-0.39, 0.29) is 6.10 Å². The number of rotatable bonds is 9. The van der Waals surface area contributed by atoms with Crippen LogP contribution in [0.1, 0.15) is 47.0 Å². The van der Waals surface area contributed by atoms with Gasteiger partial charge in [0.25, 0.3) is 0 Å². The van der Waals surface area contributed by atoms with Crippen LogP contribution in [0.4, 0.5) is 0 Å². The van der Waals surface area contributed by atoms with Crippen LogP contribution >= 0.6 is 0 Å². The van der Waals surface area contributed by atoms with Gasteiger partial charge in [0, 0.05) is 19.8 Å². The van der Waals surface area contributed by atoms with Crippen LogP contribution in [0, 0.1) is 0 Å². The van der Waals surface area contributed by atoms with Crippen LogP contribution in [-0.4, -0.2) is 50.7 Å². The quantitative estimate of drug-likeness (QED) is 0.655. The van der Waals surface area contributed by atoms with Crippen LogP contribution in [0.5, 0.6) is 0 Å². The van der Waals surface area contributed by atoms with Gasteiger partial charge < -0.3 is 19.5 Å². The molecule has 0 saturated carbocycles. The van der Waals surface area contributed by atoms with Crippen molar-refractivity contribution in [2.24, 2.45) is 0 Å². The second-order valence-electron chi connectivity index (χ2n) is 5.55. The van der Waals surface area contributed by atoms with Crippen molar-refractivity contribution in [2.75, 3.05) is 26.3 Å². The normalized spacial score (nSPS) is 29.4. The number of hydrogen-bond donors (Lipinski definition) is 1. The predicted molar refractivity (Wildman–Crippen MR) is 77.6 cm³/mol. The maximum atomic E-state index is 6.09. The third-order valence-corrected chi connectivity index (χ3v) is 3.36. The number of nitrogens with one attached hydrogen (secondary N) is 1. The predicted octanol–water partition coefficient (Wildman–Crippen LogP) is 2.36. The summed E-state index contributed by atoms with van der Waals surface area (Å²) in [5, 5.41) is 3.42. The number of ether oxygens (including phenoxy) is 3. The molecule has 3 unspecified atom stereocenters. The van der Waals surface area contributed by atoms with E-state index in [2.05, 4.69) is 26.1 Å². The molecule has 1 fully saturated rings. The molecule has 3 atom stereocenters. The Morgan fingerprint density at radius 2 is 1.95 bits per heavy atom. The second-order valence-corrected chi connectivity index (χ2v) is 5.55. The first kappa shape index (κ1) is 16.9. The maximum absolute atomic E-state index is 6.09. The molecule has 0 spiro atoms. The van der Waals surface area contributed by atoms with E-state index in [1.54, 1.807) is 0 Å². The lowest BCUT2D eigenvalue weighted by Crippen LogP contribution is -2.38. The molecule has 1 rings (SSSR count). The molecule has 0 amide bonds. The molecular weight excluding hydrogens is 242 g/mol. The summed E-state index contributed by atoms with van der Waals surface area (Å²) in [4.78, 5) is 0. The lowest BCUT2D eigenvalue weighted by molar-refractivity contribution is -0.117. The molecule has 1 saturated heterocycles. The Morgan fingerprint density at radius 3 is 2.58 bits per heavy atom. The summed E-state index contributed by atoms with van der Waals surface area (Å²) in [6, 6.07) is 0. The highest BCUT2D eigenvalue weighted by atomic mass is 16.5. The Kier molecular flexibility index (Phi) is 8.62. The molecule has 1 aliphatic heterocycles. The zero-order valence-corrected chi connectivity index (χ0v) is 13.0. The Balaban J connectivity index is 2.05. The van der Waals surface area contributed by atoms with Gasteiger partial charge in [-0.3, -0.25) is 0 Å². The first-order chi connectivity index (χ1) is 9.11. The monoisotopic (exact) mass is 273 g/mol. The van der Waals surface area contributed by atoms with Crippen molar-refractivity contribution in [1.29, 1.82) is 0 Å². The minimum absolute atomic E-state index is 0.259. The second kappa shape index (κ2) is 9.70. The van der Waals surface area contributed by atoms with Crippen LogP contribution in [0.2, 0.25) is 0 Å². The molecule has 1 aliphatic rings. The minimum Gasteiger partial charge on any atom is -0.382 e. The van der Waals surface area contributed by atoms with E-state index in [0.29, 0.717) is 18.3 Å². The summed E-state index contributed by atoms with van der Waals surface area (Å²) in [6.45, 7) is 12.0. The van der Waals surface area contributed by atoms with Crippen LogP contribution in [0.15, 0.2) is 0 Å². The highest BCUT2D eigenvalue weighted by Gasteiger charge is 2.26. The average Bonchev–Trinajstić information content (AvgIpc) is 2.32. The van der Waals surface area contributed by atoms with Crippen LogP contribution in [0.3, 0.4) is 0 Å². The highest BCUT2D eigenvalue weighted by Crippen LogP contribution is 2.22. The van der Waals surface area contributed by atoms with Gasteiger partial charge >= 0.3 is 0 Å². The van der Waals surface area contributed by atoms with E-state index in [1.807, 2.05) is 6.92 Å². The van der Waals surface area contributed by atoms with Gasteiger partial charge in [0.05, 0.1) is 24.4 Å². The topological polar surface area (TPSA) is 39.7 Å². The molecule has 0 bridgehead atoms. The summed E-state index contributed by atoms with van der Waals surface area (Å²) < 4.78 is 17.1. The molecule has 19 heavy (non-hydrogen) atoms. The Labute approximate surface area is 118 Å². The van der Waals surface area contributed by atoms with Gasteiger partial charge in [-0.05, 0) is 53.5 Å². The zero-order chi connectivity index (χ0) is 14.1. The van der Waals surface area contributed by atoms with Crippen molar-refractivity contribution < 1.29 is 14.2 Å². The van der Waals surface area contributed by atoms with E-state index >= 15 is 0 Å². The summed E-state index contributed by atoms with van der Waals surface area (Å²) in [5.74, 6) is 0. The fourth-order valence-corrected chi connectivity index (χ4v) is 2.58. The molecule has 4 heteroatoms. The van der Waals surface area contributed by atoms with Crippen LogP contribution < -0.4 is 5.32 Å². The van der Waals surface area contributed by atoms with Crippen molar-refractivity contribution in [2.45, 2.75) is 71.4 Å². The first-order valence-corrected chi connectivity index (χ1v) is 7.71. The summed E-state index contributed by atoms with van der Waals surface area (Å²) in [5.41, 5.74) is 0. The summed E-state index contributed by atoms with van der Waals surface area (Å²) >= 11 is 0. The van der Waals surface area contributed by atoms with E-state index in [4.69, 9.17) is 14.2 Å². The van der Waals surface area contributed by atoms with Crippen molar-refractivity contribution in [1.82, 2.24) is 5.32 Å². The van der Waals surface area contributed by atoms with E-state index in [0.717, 1.165) is 45.6 Å². The van der Waals surface area contributed by atoms with Crippen molar-refractivity contribution >= 4 is 0 Å². The zero-order valence-electron chi connectivity index (χ0n) is 13.0. The SMILES string of the molecule is CCOCCCNCC(C)OC1CC(C)OC(C)C1. The van der Waals surface area contributed by atoms with Gasteiger partial charge in [-0.2, -0.15) is 0 Å². The molecule has 114 valence electrons. The largest absolute Gasteiger partial charge is 0.382 e. The van der Waals surface area contributed by atoms with Gasteiger partial charge in [0.2, 0.25) is 0 Å². The van der Waals surface area contributed by atoms with E-state index in [1.165, 1.54) is 0 Å². The van der Waals surface area contributed by atoms with E-state index < -0.39 is 0 Å². The number of hydrogen-bond acceptors (Lipinski definition) is 4. The lowest BCUT2D eigenvalue weighted by Gasteiger charge is -2.33. The van der Waals surface area contributed by atoms with Crippen LogP contribution in [-0.2, 0) is 14.2 Å². The third kappa shape index (κ3) is 7.88. The molecule has 1 heterocycles. The van der Waals surface area contributed by atoms with Crippen molar-refractivity contribution in [3.05, 3.63) is 0 Å². The molecule has 0 radical (unpaired) electrons. The third-order valence-electron chi connectivity index (χ3n) is 3.36. The molecular formula is C15H31NO3. The van der Waals surface area contributed by atoms with Gasteiger partial charge in [0.1, 0.15) is 0 Å². The van der Waals surface area contributed by atoms with Gasteiger partial charge in [-0.15, -0.1) is 0 Å². The van der Waals surface area contributed by atoms with Crippen LogP contribution in [0.25, 0.3) is 0 Å². The fourth-order valence-electron chi connectivity index (χ4n) is 2.58. The molecule has 0 aromatic rings. The maximum Gasteiger partial charge on any atom is 0.0675 e. The fraction of sp³-hybridized carbons (Fsp3) is 1.00. The average molecular weight is 273 g/mol. The van der Waals surface area contributed by atoms with E-state index in [9.17, 15) is 0 Å². The summed E-state index contributed by atoms with van der Waals surface area (Å²) in [6.07, 6.45) is 4.33. The van der Waals surface area contributed by atoms with Gasteiger partial charge in [-0.1, -0.05) is 0 Å². The molecule has 0 aliphatic carbocycles. The highest BCUT2D eigenvalue weighted by molar-refractivity contribution is 4.75. The molecule has 0 aromatic heterocycles. The minimum atomic E-state index is 0.259. The molecule has 1 N–H and O–H groups in total. The Bertz CT molecular complexity index is 215. The van der Waals surface area contributed by atoms with Crippen molar-refractivity contribution in [3.8, 4) is 0 Å². The Morgan fingerprint density at radius 1 is 1.26 bits per heavy atom. The standard InChI is InChI=1S/C15H31NO3/c1-5-17-8-6-7-16-11-14(4)19-15-9-12(2)18-13(3)10-15/h12-16H,5-11H2,1-4H3. The smallest absolute Gasteiger partial charge is 0.0675 e. The van der Waals surface area contributed by atoms with Gasteiger partial charge in [0.15, 0.2) is 0 Å². The molecule has 4 nitrogen and oxygen atoms in total. The lowest BCUT2D eigenvalue weighted by atomic mass is 10.0. The Hall–Kier alpha value is -0.160. The van der Waals surface area contributed by atoms with Crippen molar-refractivity contribution in [3.63, 3.8) is 0 Å². The first-order valence-electron chi connectivity index (χ1n) is 7.71. The molecule has 0 aromatic carbocycles.